The first kappa shape index (κ1) is 15.1. The fraction of sp³-hybridized carbons (Fsp3) is 0.615. The van der Waals surface area contributed by atoms with Gasteiger partial charge in [-0.25, -0.2) is 0 Å². The monoisotopic (exact) mass is 270 g/mol. The van der Waals surface area contributed by atoms with E-state index in [4.69, 9.17) is 4.74 Å². The summed E-state index contributed by atoms with van der Waals surface area (Å²) in [5.41, 5.74) is 0. The Kier molecular flexibility index (Phi) is 7.64. The van der Waals surface area contributed by atoms with Crippen LogP contribution in [0.4, 0.5) is 0 Å². The summed E-state index contributed by atoms with van der Waals surface area (Å²) in [4.78, 5) is 12.9. The fourth-order valence-corrected chi connectivity index (χ4v) is 2.54. The summed E-state index contributed by atoms with van der Waals surface area (Å²) in [6, 6.07) is 4.41. The number of amides is 1. The van der Waals surface area contributed by atoms with Crippen LogP contribution in [0.15, 0.2) is 17.5 Å². The van der Waals surface area contributed by atoms with Gasteiger partial charge in [0.25, 0.3) is 0 Å². The molecular formula is C13H22N2O2S. The predicted octanol–water partition coefficient (Wildman–Crippen LogP) is 1.94. The third kappa shape index (κ3) is 5.62. The summed E-state index contributed by atoms with van der Waals surface area (Å²) < 4.78 is 4.92. The van der Waals surface area contributed by atoms with Crippen molar-refractivity contribution in [3.8, 4) is 0 Å². The number of rotatable bonds is 9. The van der Waals surface area contributed by atoms with Crippen LogP contribution in [-0.2, 0) is 9.53 Å². The minimum atomic E-state index is 0.0427. The molecule has 0 aliphatic carbocycles. The Morgan fingerprint density at radius 3 is 3.00 bits per heavy atom. The van der Waals surface area contributed by atoms with Crippen molar-refractivity contribution in [3.05, 3.63) is 22.4 Å². The number of thiophene rings is 1. The highest BCUT2D eigenvalue weighted by Crippen LogP contribution is 2.21. The average molecular weight is 270 g/mol. The molecule has 0 aliphatic rings. The van der Waals surface area contributed by atoms with Gasteiger partial charge in [0.15, 0.2) is 0 Å². The zero-order valence-electron chi connectivity index (χ0n) is 11.1. The summed E-state index contributed by atoms with van der Waals surface area (Å²) in [6.07, 6.45) is 1.84. The molecule has 18 heavy (non-hydrogen) atoms. The summed E-state index contributed by atoms with van der Waals surface area (Å²) in [6.45, 7) is 3.84. The Labute approximate surface area is 113 Å². The first-order chi connectivity index (χ1) is 8.77. The van der Waals surface area contributed by atoms with Gasteiger partial charge in [0.2, 0.25) is 5.91 Å². The Morgan fingerprint density at radius 2 is 2.39 bits per heavy atom. The van der Waals surface area contributed by atoms with E-state index in [1.807, 2.05) is 6.07 Å². The second-order valence-electron chi connectivity index (χ2n) is 4.05. The molecule has 0 saturated carbocycles. The molecule has 0 spiro atoms. The van der Waals surface area contributed by atoms with Crippen LogP contribution in [0.1, 0.15) is 30.7 Å². The molecule has 102 valence electrons. The lowest BCUT2D eigenvalue weighted by molar-refractivity contribution is -0.120. The molecular weight excluding hydrogens is 248 g/mol. The number of hydrogen-bond acceptors (Lipinski definition) is 4. The molecule has 1 heterocycles. The zero-order chi connectivity index (χ0) is 13.2. The standard InChI is InChI=1S/C13H22N2O2S/c1-3-11(12-6-4-9-18-12)15-10-13(16)14-7-5-8-17-2/h4,6,9,11,15H,3,5,7-8,10H2,1-2H3,(H,14,16). The number of carbonyl (C=O) groups is 1. The van der Waals surface area contributed by atoms with Gasteiger partial charge in [0.05, 0.1) is 6.54 Å². The van der Waals surface area contributed by atoms with Crippen molar-refractivity contribution in [1.29, 1.82) is 0 Å². The lowest BCUT2D eigenvalue weighted by Crippen LogP contribution is -2.36. The normalized spacial score (nSPS) is 12.3. The van der Waals surface area contributed by atoms with Gasteiger partial charge in [-0.3, -0.25) is 4.79 Å². The molecule has 1 rings (SSSR count). The smallest absolute Gasteiger partial charge is 0.233 e. The summed E-state index contributed by atoms with van der Waals surface area (Å²) in [5.74, 6) is 0.0427. The molecule has 4 nitrogen and oxygen atoms in total. The van der Waals surface area contributed by atoms with Crippen molar-refractivity contribution in [2.45, 2.75) is 25.8 Å². The van der Waals surface area contributed by atoms with E-state index in [0.29, 0.717) is 19.7 Å². The van der Waals surface area contributed by atoms with Gasteiger partial charge in [-0.15, -0.1) is 11.3 Å². The fourth-order valence-electron chi connectivity index (χ4n) is 1.66. The average Bonchev–Trinajstić information content (AvgIpc) is 2.89. The van der Waals surface area contributed by atoms with Gasteiger partial charge < -0.3 is 15.4 Å². The third-order valence-corrected chi connectivity index (χ3v) is 3.64. The number of hydrogen-bond donors (Lipinski definition) is 2. The van der Waals surface area contributed by atoms with E-state index >= 15 is 0 Å². The van der Waals surface area contributed by atoms with Crippen LogP contribution in [0, 0.1) is 0 Å². The third-order valence-electron chi connectivity index (χ3n) is 2.65. The second kappa shape index (κ2) is 9.08. The van der Waals surface area contributed by atoms with Crippen molar-refractivity contribution in [3.63, 3.8) is 0 Å². The Hall–Kier alpha value is -0.910. The SMILES string of the molecule is CCC(NCC(=O)NCCCOC)c1cccs1. The minimum Gasteiger partial charge on any atom is -0.385 e. The van der Waals surface area contributed by atoms with E-state index in [0.717, 1.165) is 12.8 Å². The number of ether oxygens (including phenoxy) is 1. The van der Waals surface area contributed by atoms with Crippen molar-refractivity contribution in [2.75, 3.05) is 26.8 Å². The summed E-state index contributed by atoms with van der Waals surface area (Å²) in [7, 11) is 1.66. The maximum atomic E-state index is 11.6. The number of nitrogens with one attached hydrogen (secondary N) is 2. The molecule has 5 heteroatoms. The number of carbonyl (C=O) groups excluding carboxylic acids is 1. The van der Waals surface area contributed by atoms with Gasteiger partial charge in [-0.2, -0.15) is 0 Å². The highest BCUT2D eigenvalue weighted by atomic mass is 32.1. The molecule has 0 radical (unpaired) electrons. The molecule has 1 amide bonds. The van der Waals surface area contributed by atoms with Gasteiger partial charge in [0.1, 0.15) is 0 Å². The zero-order valence-corrected chi connectivity index (χ0v) is 11.9. The molecule has 2 N–H and O–H groups in total. The molecule has 1 aromatic rings. The lowest BCUT2D eigenvalue weighted by Gasteiger charge is -2.15. The lowest BCUT2D eigenvalue weighted by atomic mass is 10.2. The van der Waals surface area contributed by atoms with Crippen LogP contribution < -0.4 is 10.6 Å². The van der Waals surface area contributed by atoms with E-state index in [1.165, 1.54) is 4.88 Å². The maximum Gasteiger partial charge on any atom is 0.233 e. The Morgan fingerprint density at radius 1 is 1.56 bits per heavy atom. The van der Waals surface area contributed by atoms with Gasteiger partial charge in [-0.05, 0) is 24.3 Å². The Bertz CT molecular complexity index is 328. The Balaban J connectivity index is 2.20. The van der Waals surface area contributed by atoms with E-state index in [1.54, 1.807) is 18.4 Å². The van der Waals surface area contributed by atoms with Gasteiger partial charge in [0, 0.05) is 31.2 Å². The molecule has 1 atom stereocenters. The van der Waals surface area contributed by atoms with Crippen LogP contribution in [0.2, 0.25) is 0 Å². The van der Waals surface area contributed by atoms with Crippen LogP contribution in [0.5, 0.6) is 0 Å². The molecule has 1 aromatic heterocycles. The number of methoxy groups -OCH3 is 1. The topological polar surface area (TPSA) is 50.4 Å². The molecule has 0 saturated heterocycles. The van der Waals surface area contributed by atoms with Crippen molar-refractivity contribution in [2.24, 2.45) is 0 Å². The van der Waals surface area contributed by atoms with Crippen LogP contribution >= 0.6 is 11.3 Å². The minimum absolute atomic E-state index is 0.0427. The van der Waals surface area contributed by atoms with Crippen LogP contribution in [-0.4, -0.2) is 32.7 Å². The van der Waals surface area contributed by atoms with E-state index in [-0.39, 0.29) is 11.9 Å². The summed E-state index contributed by atoms with van der Waals surface area (Å²) >= 11 is 1.72. The van der Waals surface area contributed by atoms with Gasteiger partial charge in [-0.1, -0.05) is 13.0 Å². The van der Waals surface area contributed by atoms with Crippen molar-refractivity contribution >= 4 is 17.2 Å². The summed E-state index contributed by atoms with van der Waals surface area (Å²) in [5, 5.41) is 8.20. The molecule has 0 aromatic carbocycles. The first-order valence-corrected chi connectivity index (χ1v) is 7.18. The maximum absolute atomic E-state index is 11.6. The van der Waals surface area contributed by atoms with Crippen LogP contribution in [0.25, 0.3) is 0 Å². The molecule has 1 unspecified atom stereocenters. The highest BCUT2D eigenvalue weighted by Gasteiger charge is 2.11. The van der Waals surface area contributed by atoms with Crippen molar-refractivity contribution < 1.29 is 9.53 Å². The van der Waals surface area contributed by atoms with Gasteiger partial charge >= 0.3 is 0 Å². The van der Waals surface area contributed by atoms with E-state index in [9.17, 15) is 4.79 Å². The molecule has 0 bridgehead atoms. The molecule has 0 aliphatic heterocycles. The highest BCUT2D eigenvalue weighted by molar-refractivity contribution is 7.10. The predicted molar refractivity (Wildman–Crippen MR) is 74.9 cm³/mol. The van der Waals surface area contributed by atoms with Crippen LogP contribution in [0.3, 0.4) is 0 Å². The second-order valence-corrected chi connectivity index (χ2v) is 5.03. The van der Waals surface area contributed by atoms with Crippen molar-refractivity contribution in [1.82, 2.24) is 10.6 Å². The van der Waals surface area contributed by atoms with E-state index < -0.39 is 0 Å². The quantitative estimate of drug-likeness (QED) is 0.674. The van der Waals surface area contributed by atoms with E-state index in [2.05, 4.69) is 29.0 Å². The first-order valence-electron chi connectivity index (χ1n) is 6.30. The largest absolute Gasteiger partial charge is 0.385 e. The molecule has 0 fully saturated rings.